The Hall–Kier alpha value is -1.89. The van der Waals surface area contributed by atoms with Crippen LogP contribution in [0.15, 0.2) is 18.2 Å². The molecule has 0 aromatic heterocycles. The highest BCUT2D eigenvalue weighted by atomic mass is 19.3. The van der Waals surface area contributed by atoms with E-state index >= 15 is 0 Å². The van der Waals surface area contributed by atoms with Gasteiger partial charge >= 0.3 is 6.61 Å². The lowest BCUT2D eigenvalue weighted by atomic mass is 10.1. The predicted molar refractivity (Wildman–Crippen MR) is 79.4 cm³/mol. The number of piperidine rings is 1. The Morgan fingerprint density at radius 1 is 1.35 bits per heavy atom. The lowest BCUT2D eigenvalue weighted by Crippen LogP contribution is -2.31. The maximum Gasteiger partial charge on any atom is 0.387 e. The summed E-state index contributed by atoms with van der Waals surface area (Å²) in [5, 5.41) is 3.26. The molecule has 7 heteroatoms. The largest absolute Gasteiger partial charge is 0.493 e. The highest BCUT2D eigenvalue weighted by Crippen LogP contribution is 2.49. The number of nitrogens with one attached hydrogen (secondary N) is 1. The molecule has 1 unspecified atom stereocenters. The van der Waals surface area contributed by atoms with E-state index in [0.29, 0.717) is 18.4 Å². The van der Waals surface area contributed by atoms with Crippen LogP contribution in [0, 0.1) is 17.8 Å². The number of nitrogens with zero attached hydrogens (tertiary/aromatic N) is 1. The molecule has 23 heavy (non-hydrogen) atoms. The number of benzene rings is 1. The van der Waals surface area contributed by atoms with E-state index < -0.39 is 6.61 Å². The Labute approximate surface area is 133 Å². The van der Waals surface area contributed by atoms with Gasteiger partial charge in [-0.2, -0.15) is 8.78 Å². The van der Waals surface area contributed by atoms with Crippen LogP contribution >= 0.6 is 0 Å². The molecule has 3 atom stereocenters. The number of hydrogen-bond donors (Lipinski definition) is 1. The molecule has 1 amide bonds. The number of alkyl halides is 2. The zero-order valence-electron chi connectivity index (χ0n) is 13.1. The van der Waals surface area contributed by atoms with E-state index in [4.69, 9.17) is 4.74 Å². The number of carbonyl (C=O) groups is 1. The topological polar surface area (TPSA) is 50.8 Å². The molecule has 1 aromatic rings. The lowest BCUT2D eigenvalue weighted by Gasteiger charge is -2.19. The van der Waals surface area contributed by atoms with Gasteiger partial charge in [0.25, 0.3) is 0 Å². The van der Waals surface area contributed by atoms with Crippen molar-refractivity contribution < 1.29 is 23.0 Å². The molecule has 0 spiro atoms. The minimum atomic E-state index is -2.92. The predicted octanol–water partition coefficient (Wildman–Crippen LogP) is 1.72. The second-order valence-electron chi connectivity index (χ2n) is 6.07. The van der Waals surface area contributed by atoms with Gasteiger partial charge in [0.2, 0.25) is 5.91 Å². The summed E-state index contributed by atoms with van der Waals surface area (Å²) in [7, 11) is 3.13. The normalized spacial score (nSPS) is 25.2. The van der Waals surface area contributed by atoms with Crippen LogP contribution in [-0.4, -0.2) is 44.7 Å². The summed E-state index contributed by atoms with van der Waals surface area (Å²) < 4.78 is 34.4. The van der Waals surface area contributed by atoms with Gasteiger partial charge in [-0.15, -0.1) is 0 Å². The van der Waals surface area contributed by atoms with Gasteiger partial charge in [0, 0.05) is 19.5 Å². The van der Waals surface area contributed by atoms with Crippen molar-refractivity contribution in [1.82, 2.24) is 10.2 Å². The Balaban J connectivity index is 1.66. The first-order valence-electron chi connectivity index (χ1n) is 7.58. The molecule has 3 rings (SSSR count). The second kappa shape index (κ2) is 6.31. The van der Waals surface area contributed by atoms with Crippen molar-refractivity contribution in [1.29, 1.82) is 0 Å². The van der Waals surface area contributed by atoms with Gasteiger partial charge in [0.05, 0.1) is 7.11 Å². The third-order valence-electron chi connectivity index (χ3n) is 4.62. The molecule has 1 aliphatic carbocycles. The number of ether oxygens (including phenoxy) is 2. The zero-order chi connectivity index (χ0) is 16.6. The fourth-order valence-corrected chi connectivity index (χ4v) is 3.40. The molecule has 1 aromatic carbocycles. The average molecular weight is 326 g/mol. The van der Waals surface area contributed by atoms with Crippen molar-refractivity contribution in [3.8, 4) is 11.5 Å². The van der Waals surface area contributed by atoms with Crippen LogP contribution in [-0.2, 0) is 11.3 Å². The van der Waals surface area contributed by atoms with Crippen molar-refractivity contribution >= 4 is 5.91 Å². The molecule has 1 aliphatic heterocycles. The third-order valence-corrected chi connectivity index (χ3v) is 4.62. The number of methoxy groups -OCH3 is 1. The number of carbonyl (C=O) groups excluding carboxylic acids is 1. The number of halogens is 2. The summed E-state index contributed by atoms with van der Waals surface area (Å²) in [5.74, 6) is 1.36. The SMILES string of the molecule is COc1ccc(CN(C)C(=O)C2[C@H]3CNC[C@@H]23)cc1OC(F)F. The first-order chi connectivity index (χ1) is 11.0. The summed E-state index contributed by atoms with van der Waals surface area (Å²) in [5.41, 5.74) is 0.723. The lowest BCUT2D eigenvalue weighted by molar-refractivity contribution is -0.132. The Bertz CT molecular complexity index is 587. The van der Waals surface area contributed by atoms with Gasteiger partial charge in [-0.3, -0.25) is 4.79 Å². The molecule has 1 saturated heterocycles. The highest BCUT2D eigenvalue weighted by Gasteiger charge is 2.57. The van der Waals surface area contributed by atoms with Crippen LogP contribution in [0.25, 0.3) is 0 Å². The summed E-state index contributed by atoms with van der Waals surface area (Å²) in [6.45, 7) is -0.753. The Morgan fingerprint density at radius 2 is 2.04 bits per heavy atom. The van der Waals surface area contributed by atoms with Crippen molar-refractivity contribution in [3.63, 3.8) is 0 Å². The summed E-state index contributed by atoms with van der Waals surface area (Å²) in [6, 6.07) is 4.81. The van der Waals surface area contributed by atoms with E-state index in [1.807, 2.05) is 0 Å². The maximum atomic E-state index is 12.5. The standard InChI is InChI=1S/C16H20F2N2O3/c1-20(15(21)14-10-6-19-7-11(10)14)8-9-3-4-12(22-2)13(5-9)23-16(17)18/h3-5,10-11,14,16,19H,6-8H2,1-2H3/t10-,11+,14?. The van der Waals surface area contributed by atoms with Crippen molar-refractivity contribution in [3.05, 3.63) is 23.8 Å². The summed E-state index contributed by atoms with van der Waals surface area (Å²) >= 11 is 0. The zero-order valence-corrected chi connectivity index (χ0v) is 13.1. The van der Waals surface area contributed by atoms with Gasteiger partial charge < -0.3 is 19.7 Å². The molecular formula is C16H20F2N2O3. The van der Waals surface area contributed by atoms with Crippen molar-refractivity contribution in [2.75, 3.05) is 27.2 Å². The fourth-order valence-electron chi connectivity index (χ4n) is 3.40. The number of hydrogen-bond acceptors (Lipinski definition) is 4. The van der Waals surface area contributed by atoms with E-state index in [9.17, 15) is 13.6 Å². The second-order valence-corrected chi connectivity index (χ2v) is 6.07. The molecule has 1 heterocycles. The maximum absolute atomic E-state index is 12.5. The highest BCUT2D eigenvalue weighted by molar-refractivity contribution is 5.82. The van der Waals surface area contributed by atoms with Crippen LogP contribution in [0.1, 0.15) is 5.56 Å². The number of rotatable bonds is 6. The average Bonchev–Trinajstić information content (AvgIpc) is 2.97. The number of amides is 1. The van der Waals surface area contributed by atoms with Gasteiger partial charge in [0.15, 0.2) is 11.5 Å². The fraction of sp³-hybridized carbons (Fsp3) is 0.562. The Morgan fingerprint density at radius 3 is 2.65 bits per heavy atom. The van der Waals surface area contributed by atoms with Gasteiger partial charge in [-0.25, -0.2) is 0 Å². The van der Waals surface area contributed by atoms with Crippen LogP contribution < -0.4 is 14.8 Å². The third kappa shape index (κ3) is 3.24. The minimum Gasteiger partial charge on any atom is -0.493 e. The molecular weight excluding hydrogens is 306 g/mol. The van der Waals surface area contributed by atoms with Gasteiger partial charge in [-0.1, -0.05) is 6.07 Å². The quantitative estimate of drug-likeness (QED) is 0.865. The molecule has 0 bridgehead atoms. The van der Waals surface area contributed by atoms with E-state index in [1.165, 1.54) is 13.2 Å². The summed E-state index contributed by atoms with van der Waals surface area (Å²) in [4.78, 5) is 14.1. The van der Waals surface area contributed by atoms with E-state index in [2.05, 4.69) is 10.1 Å². The minimum absolute atomic E-state index is 0.0201. The van der Waals surface area contributed by atoms with Crippen LogP contribution in [0.3, 0.4) is 0 Å². The Kier molecular flexibility index (Phi) is 4.39. The van der Waals surface area contributed by atoms with E-state index in [0.717, 1.165) is 18.7 Å². The van der Waals surface area contributed by atoms with Crippen LogP contribution in [0.4, 0.5) is 8.78 Å². The van der Waals surface area contributed by atoms with Crippen molar-refractivity contribution in [2.24, 2.45) is 17.8 Å². The van der Waals surface area contributed by atoms with Crippen LogP contribution in [0.2, 0.25) is 0 Å². The monoisotopic (exact) mass is 326 g/mol. The first kappa shape index (κ1) is 16.0. The first-order valence-corrected chi connectivity index (χ1v) is 7.58. The van der Waals surface area contributed by atoms with Crippen LogP contribution in [0.5, 0.6) is 11.5 Å². The van der Waals surface area contributed by atoms with E-state index in [-0.39, 0.29) is 23.3 Å². The molecule has 0 radical (unpaired) electrons. The smallest absolute Gasteiger partial charge is 0.387 e. The molecule has 1 saturated carbocycles. The van der Waals surface area contributed by atoms with Crippen molar-refractivity contribution in [2.45, 2.75) is 13.2 Å². The van der Waals surface area contributed by atoms with E-state index in [1.54, 1.807) is 24.1 Å². The van der Waals surface area contributed by atoms with Gasteiger partial charge in [0.1, 0.15) is 0 Å². The molecule has 126 valence electrons. The van der Waals surface area contributed by atoms with Gasteiger partial charge in [-0.05, 0) is 42.6 Å². The molecule has 1 N–H and O–H groups in total. The number of fused-ring (bicyclic) bond motifs is 1. The molecule has 5 nitrogen and oxygen atoms in total. The summed E-state index contributed by atoms with van der Waals surface area (Å²) in [6.07, 6.45) is 0. The molecule has 2 aliphatic rings. The molecule has 2 fully saturated rings.